The first-order valence-electron chi connectivity index (χ1n) is 6.00. The van der Waals surface area contributed by atoms with Gasteiger partial charge < -0.3 is 10.6 Å². The van der Waals surface area contributed by atoms with E-state index in [9.17, 15) is 9.59 Å². The van der Waals surface area contributed by atoms with Crippen LogP contribution < -0.4 is 10.6 Å². The van der Waals surface area contributed by atoms with Gasteiger partial charge >= 0.3 is 0 Å². The fraction of sp³-hybridized carbons (Fsp3) is 0.154. The summed E-state index contributed by atoms with van der Waals surface area (Å²) in [7, 11) is 0. The molecule has 2 N–H and O–H groups in total. The van der Waals surface area contributed by atoms with Gasteiger partial charge in [0.15, 0.2) is 0 Å². The number of aromatic nitrogens is 3. The first-order valence-corrected chi connectivity index (χ1v) is 6.00. The molecule has 2 heterocycles. The van der Waals surface area contributed by atoms with Crippen LogP contribution in [0.2, 0.25) is 0 Å². The Morgan fingerprint density at radius 2 is 1.60 bits per heavy atom. The van der Waals surface area contributed by atoms with Crippen molar-refractivity contribution < 1.29 is 9.59 Å². The number of nitrogens with one attached hydrogen (secondary N) is 2. The van der Waals surface area contributed by atoms with Crippen LogP contribution in [0.25, 0.3) is 0 Å². The highest BCUT2D eigenvalue weighted by Gasteiger charge is 2.07. The minimum Gasteiger partial charge on any atom is -0.350 e. The second-order valence-corrected chi connectivity index (χ2v) is 3.84. The van der Waals surface area contributed by atoms with Gasteiger partial charge in [-0.1, -0.05) is 0 Å². The van der Waals surface area contributed by atoms with Gasteiger partial charge in [-0.25, -0.2) is 4.98 Å². The van der Waals surface area contributed by atoms with E-state index in [4.69, 9.17) is 0 Å². The van der Waals surface area contributed by atoms with Crippen molar-refractivity contribution in [3.63, 3.8) is 0 Å². The minimum atomic E-state index is -0.323. The molecule has 7 nitrogen and oxygen atoms in total. The second-order valence-electron chi connectivity index (χ2n) is 3.84. The van der Waals surface area contributed by atoms with E-state index in [0.717, 1.165) is 0 Å². The van der Waals surface area contributed by atoms with Crippen molar-refractivity contribution in [3.8, 4) is 0 Å². The zero-order valence-corrected chi connectivity index (χ0v) is 10.6. The van der Waals surface area contributed by atoms with Crippen LogP contribution >= 0.6 is 0 Å². The smallest absolute Gasteiger partial charge is 0.271 e. The summed E-state index contributed by atoms with van der Waals surface area (Å²) in [5.41, 5.74) is 0.771. The van der Waals surface area contributed by atoms with Gasteiger partial charge in [-0.15, -0.1) is 0 Å². The van der Waals surface area contributed by atoms with Crippen LogP contribution in [0.5, 0.6) is 0 Å². The maximum Gasteiger partial charge on any atom is 0.271 e. The maximum absolute atomic E-state index is 11.7. The van der Waals surface area contributed by atoms with Crippen LogP contribution in [0.3, 0.4) is 0 Å². The Morgan fingerprint density at radius 1 is 0.900 bits per heavy atom. The fourth-order valence-electron chi connectivity index (χ4n) is 1.46. The molecule has 0 atom stereocenters. The minimum absolute atomic E-state index is 0.207. The molecular formula is C13H13N5O2. The summed E-state index contributed by atoms with van der Waals surface area (Å²) in [6, 6.07) is 3.24. The normalized spacial score (nSPS) is 9.80. The Bertz CT molecular complexity index is 520. The number of pyridine rings is 1. The summed E-state index contributed by atoms with van der Waals surface area (Å²) in [4.78, 5) is 34.8. The molecule has 2 aromatic rings. The lowest BCUT2D eigenvalue weighted by Crippen LogP contribution is -2.35. The quantitative estimate of drug-likeness (QED) is 0.748. The van der Waals surface area contributed by atoms with Gasteiger partial charge in [0.1, 0.15) is 5.69 Å². The van der Waals surface area contributed by atoms with Gasteiger partial charge in [0.05, 0.1) is 6.20 Å². The van der Waals surface area contributed by atoms with Gasteiger partial charge in [-0.2, -0.15) is 0 Å². The van der Waals surface area contributed by atoms with Crippen molar-refractivity contribution in [3.05, 3.63) is 54.4 Å². The summed E-state index contributed by atoms with van der Waals surface area (Å²) in [6.07, 6.45) is 7.41. The predicted octanol–water partition coefficient (Wildman–Crippen LogP) is 0.0314. The van der Waals surface area contributed by atoms with Crippen LogP contribution in [-0.2, 0) is 0 Å². The monoisotopic (exact) mass is 271 g/mol. The average molecular weight is 271 g/mol. The van der Waals surface area contributed by atoms with Crippen LogP contribution in [0, 0.1) is 0 Å². The Kier molecular flexibility index (Phi) is 4.71. The third kappa shape index (κ3) is 3.84. The standard InChI is InChI=1S/C13H13N5O2/c19-12(10-1-3-14-4-2-10)17-7-8-18-13(20)11-9-15-5-6-16-11/h1-6,9H,7-8H2,(H,17,19)(H,18,20). The molecule has 0 unspecified atom stereocenters. The summed E-state index contributed by atoms with van der Waals surface area (Å²) in [6.45, 7) is 0.638. The van der Waals surface area contributed by atoms with Crippen LogP contribution in [0.1, 0.15) is 20.8 Å². The molecule has 0 fully saturated rings. The van der Waals surface area contributed by atoms with Gasteiger partial charge in [-0.3, -0.25) is 19.6 Å². The van der Waals surface area contributed by atoms with E-state index in [1.165, 1.54) is 18.6 Å². The predicted molar refractivity (Wildman–Crippen MR) is 70.9 cm³/mol. The zero-order chi connectivity index (χ0) is 14.2. The van der Waals surface area contributed by atoms with Crippen molar-refractivity contribution in [2.24, 2.45) is 0 Å². The SMILES string of the molecule is O=C(NCCNC(=O)c1cnccn1)c1ccncc1. The Labute approximate surface area is 115 Å². The summed E-state index contributed by atoms with van der Waals surface area (Å²) >= 11 is 0. The van der Waals surface area contributed by atoms with Gasteiger partial charge in [0.25, 0.3) is 11.8 Å². The molecule has 7 heteroatoms. The Hall–Kier alpha value is -2.83. The lowest BCUT2D eigenvalue weighted by Gasteiger charge is -2.06. The number of hydrogen-bond donors (Lipinski definition) is 2. The zero-order valence-electron chi connectivity index (χ0n) is 10.6. The Balaban J connectivity index is 1.72. The molecule has 0 aliphatic rings. The van der Waals surface area contributed by atoms with E-state index in [0.29, 0.717) is 18.7 Å². The number of rotatable bonds is 5. The highest BCUT2D eigenvalue weighted by molar-refractivity contribution is 5.94. The topological polar surface area (TPSA) is 96.9 Å². The summed E-state index contributed by atoms with van der Waals surface area (Å²) in [5, 5.41) is 5.33. The van der Waals surface area contributed by atoms with Crippen LogP contribution in [0.15, 0.2) is 43.1 Å². The largest absolute Gasteiger partial charge is 0.350 e. The Morgan fingerprint density at radius 3 is 2.25 bits per heavy atom. The maximum atomic E-state index is 11.7. The third-order valence-corrected chi connectivity index (χ3v) is 2.43. The lowest BCUT2D eigenvalue weighted by molar-refractivity contribution is 0.0925. The highest BCUT2D eigenvalue weighted by atomic mass is 16.2. The second kappa shape index (κ2) is 6.93. The molecule has 2 aromatic heterocycles. The lowest BCUT2D eigenvalue weighted by atomic mass is 10.2. The first kappa shape index (κ1) is 13.6. The molecule has 0 bridgehead atoms. The van der Waals surface area contributed by atoms with Crippen molar-refractivity contribution in [1.82, 2.24) is 25.6 Å². The molecular weight excluding hydrogens is 258 g/mol. The van der Waals surface area contributed by atoms with E-state index in [1.54, 1.807) is 24.5 Å². The molecule has 0 aliphatic carbocycles. The number of carbonyl (C=O) groups is 2. The van der Waals surface area contributed by atoms with E-state index in [-0.39, 0.29) is 17.5 Å². The first-order chi connectivity index (χ1) is 9.77. The average Bonchev–Trinajstić information content (AvgIpc) is 2.53. The molecule has 20 heavy (non-hydrogen) atoms. The van der Waals surface area contributed by atoms with Crippen LogP contribution in [0.4, 0.5) is 0 Å². The number of amides is 2. The molecule has 0 aliphatic heterocycles. The molecule has 0 spiro atoms. The third-order valence-electron chi connectivity index (χ3n) is 2.43. The van der Waals surface area contributed by atoms with Gasteiger partial charge in [0, 0.05) is 43.4 Å². The number of hydrogen-bond acceptors (Lipinski definition) is 5. The molecule has 2 rings (SSSR count). The van der Waals surface area contributed by atoms with E-state index < -0.39 is 0 Å². The fourth-order valence-corrected chi connectivity index (χ4v) is 1.46. The summed E-state index contributed by atoms with van der Waals surface area (Å²) in [5.74, 6) is -0.530. The van der Waals surface area contributed by atoms with E-state index in [1.807, 2.05) is 0 Å². The van der Waals surface area contributed by atoms with E-state index in [2.05, 4.69) is 25.6 Å². The van der Waals surface area contributed by atoms with Gasteiger partial charge in [-0.05, 0) is 12.1 Å². The van der Waals surface area contributed by atoms with Crippen molar-refractivity contribution in [1.29, 1.82) is 0 Å². The van der Waals surface area contributed by atoms with Crippen molar-refractivity contribution in [2.45, 2.75) is 0 Å². The molecule has 0 radical (unpaired) electrons. The number of nitrogens with zero attached hydrogens (tertiary/aromatic N) is 3. The van der Waals surface area contributed by atoms with Crippen LogP contribution in [-0.4, -0.2) is 39.9 Å². The van der Waals surface area contributed by atoms with Crippen molar-refractivity contribution >= 4 is 11.8 Å². The molecule has 0 aromatic carbocycles. The molecule has 0 saturated heterocycles. The molecule has 2 amide bonds. The number of carbonyl (C=O) groups excluding carboxylic acids is 2. The van der Waals surface area contributed by atoms with Crippen molar-refractivity contribution in [2.75, 3.05) is 13.1 Å². The summed E-state index contributed by atoms with van der Waals surface area (Å²) < 4.78 is 0. The molecule has 102 valence electrons. The van der Waals surface area contributed by atoms with Gasteiger partial charge in [0.2, 0.25) is 0 Å². The molecule has 0 saturated carbocycles. The highest BCUT2D eigenvalue weighted by Crippen LogP contribution is 1.94. The van der Waals surface area contributed by atoms with E-state index >= 15 is 0 Å².